The normalized spacial score (nSPS) is 15.0. The van der Waals surface area contributed by atoms with Gasteiger partial charge in [0, 0.05) is 18.0 Å². The Bertz CT molecular complexity index is 1030. The fraction of sp³-hybridized carbons (Fsp3) is 0.391. The summed E-state index contributed by atoms with van der Waals surface area (Å²) in [5.74, 6) is 0.639. The second-order valence-corrected chi connectivity index (χ2v) is 7.73. The predicted molar refractivity (Wildman–Crippen MR) is 120 cm³/mol. The lowest BCUT2D eigenvalue weighted by Crippen LogP contribution is -2.23. The van der Waals surface area contributed by atoms with E-state index >= 15 is 0 Å². The summed E-state index contributed by atoms with van der Waals surface area (Å²) >= 11 is 0. The minimum atomic E-state index is -0.359. The molecule has 30 heavy (non-hydrogen) atoms. The first-order valence-electron chi connectivity index (χ1n) is 10.7. The molecular weight excluding hydrogens is 378 g/mol. The van der Waals surface area contributed by atoms with Crippen LogP contribution >= 0.6 is 0 Å². The molecule has 1 saturated carbocycles. The van der Waals surface area contributed by atoms with E-state index in [2.05, 4.69) is 15.3 Å². The number of anilines is 3. The molecule has 0 atom stereocenters. The summed E-state index contributed by atoms with van der Waals surface area (Å²) in [6.45, 7) is 2.53. The van der Waals surface area contributed by atoms with Crippen molar-refractivity contribution in [2.45, 2.75) is 51.5 Å². The molecule has 0 bridgehead atoms. The molecule has 0 unspecified atom stereocenters. The van der Waals surface area contributed by atoms with Gasteiger partial charge in [0.15, 0.2) is 0 Å². The average Bonchev–Trinajstić information content (AvgIpc) is 3.03. The van der Waals surface area contributed by atoms with Crippen LogP contribution in [0.15, 0.2) is 48.8 Å². The first-order valence-corrected chi connectivity index (χ1v) is 10.7. The van der Waals surface area contributed by atoms with E-state index in [1.807, 2.05) is 54.3 Å². The number of hydrogen-bond donors (Lipinski definition) is 1. The number of aromatic nitrogens is 2. The Hall–Kier alpha value is -3.22. The van der Waals surface area contributed by atoms with Gasteiger partial charge in [0.2, 0.25) is 11.6 Å². The van der Waals surface area contributed by atoms with Gasteiger partial charge in [0.25, 0.3) is 0 Å². The standard InChI is InChI=1S/C23H27N5O2/c1-2-27(20-15-9-11-17-10-7-8-14-19(17)20)23-21(28(29)30)22(24-16-25-23)26-18-12-5-3-4-6-13-18/h7-11,14-16,18H,2-6,12-13H2,1H3,(H,24,25,26). The zero-order valence-corrected chi connectivity index (χ0v) is 17.3. The number of nitro groups is 1. The van der Waals surface area contributed by atoms with E-state index in [9.17, 15) is 10.1 Å². The fourth-order valence-corrected chi connectivity index (χ4v) is 4.34. The second-order valence-electron chi connectivity index (χ2n) is 7.73. The number of fused-ring (bicyclic) bond motifs is 1. The van der Waals surface area contributed by atoms with Crippen molar-refractivity contribution in [3.63, 3.8) is 0 Å². The van der Waals surface area contributed by atoms with Crippen LogP contribution in [0.5, 0.6) is 0 Å². The number of rotatable bonds is 6. The summed E-state index contributed by atoms with van der Waals surface area (Å²) < 4.78 is 0. The van der Waals surface area contributed by atoms with Gasteiger partial charge in [0.1, 0.15) is 6.33 Å². The minimum absolute atomic E-state index is 0.0588. The number of nitrogens with zero attached hydrogens (tertiary/aromatic N) is 4. The number of hydrogen-bond acceptors (Lipinski definition) is 6. The zero-order valence-electron chi connectivity index (χ0n) is 17.3. The maximum atomic E-state index is 12.1. The van der Waals surface area contributed by atoms with Crippen molar-refractivity contribution < 1.29 is 4.92 Å². The van der Waals surface area contributed by atoms with Gasteiger partial charge in [-0.15, -0.1) is 0 Å². The molecule has 0 aliphatic heterocycles. The van der Waals surface area contributed by atoms with Crippen LogP contribution in [-0.2, 0) is 0 Å². The third-order valence-electron chi connectivity index (χ3n) is 5.81. The van der Waals surface area contributed by atoms with E-state index in [0.29, 0.717) is 18.2 Å². The highest BCUT2D eigenvalue weighted by atomic mass is 16.6. The fourth-order valence-electron chi connectivity index (χ4n) is 4.34. The third kappa shape index (κ3) is 4.06. The van der Waals surface area contributed by atoms with Crippen molar-refractivity contribution in [1.82, 2.24) is 9.97 Å². The molecule has 2 aromatic carbocycles. The lowest BCUT2D eigenvalue weighted by Gasteiger charge is -2.24. The zero-order chi connectivity index (χ0) is 20.9. The van der Waals surface area contributed by atoms with Crippen molar-refractivity contribution in [3.8, 4) is 0 Å². The molecule has 1 fully saturated rings. The Morgan fingerprint density at radius 2 is 1.80 bits per heavy atom. The van der Waals surface area contributed by atoms with Gasteiger partial charge in [-0.3, -0.25) is 10.1 Å². The molecule has 7 nitrogen and oxygen atoms in total. The number of nitrogens with one attached hydrogen (secondary N) is 1. The molecule has 1 aromatic heterocycles. The molecule has 0 amide bonds. The summed E-state index contributed by atoms with van der Waals surface area (Å²) in [7, 11) is 0. The van der Waals surface area contributed by atoms with Crippen LogP contribution in [-0.4, -0.2) is 27.5 Å². The van der Waals surface area contributed by atoms with Crippen molar-refractivity contribution in [3.05, 3.63) is 58.9 Å². The monoisotopic (exact) mass is 405 g/mol. The smallest absolute Gasteiger partial charge is 0.353 e. The van der Waals surface area contributed by atoms with Crippen LogP contribution in [0.4, 0.5) is 23.0 Å². The van der Waals surface area contributed by atoms with Gasteiger partial charge in [0.05, 0.1) is 10.6 Å². The molecule has 4 rings (SSSR count). The largest absolute Gasteiger partial charge is 0.361 e. The van der Waals surface area contributed by atoms with Crippen molar-refractivity contribution >= 4 is 33.8 Å². The Morgan fingerprint density at radius 3 is 2.53 bits per heavy atom. The van der Waals surface area contributed by atoms with Gasteiger partial charge in [-0.05, 0) is 31.2 Å². The van der Waals surface area contributed by atoms with Gasteiger partial charge in [-0.1, -0.05) is 62.1 Å². The van der Waals surface area contributed by atoms with Crippen molar-refractivity contribution in [2.75, 3.05) is 16.8 Å². The highest BCUT2D eigenvalue weighted by Crippen LogP contribution is 2.39. The van der Waals surface area contributed by atoms with E-state index in [4.69, 9.17) is 0 Å². The molecular formula is C23H27N5O2. The van der Waals surface area contributed by atoms with E-state index in [1.54, 1.807) is 0 Å². The molecule has 0 radical (unpaired) electrons. The Labute approximate surface area is 176 Å². The van der Waals surface area contributed by atoms with Gasteiger partial charge in [-0.2, -0.15) is 0 Å². The topological polar surface area (TPSA) is 84.2 Å². The average molecular weight is 406 g/mol. The van der Waals surface area contributed by atoms with Crippen LogP contribution in [0, 0.1) is 10.1 Å². The highest BCUT2D eigenvalue weighted by Gasteiger charge is 2.29. The molecule has 1 N–H and O–H groups in total. The van der Waals surface area contributed by atoms with E-state index in [0.717, 1.165) is 42.1 Å². The van der Waals surface area contributed by atoms with Crippen LogP contribution in [0.1, 0.15) is 45.4 Å². The lowest BCUT2D eigenvalue weighted by atomic mass is 10.1. The second kappa shape index (κ2) is 9.07. The third-order valence-corrected chi connectivity index (χ3v) is 5.81. The molecule has 7 heteroatoms. The van der Waals surface area contributed by atoms with E-state index < -0.39 is 0 Å². The van der Waals surface area contributed by atoms with Crippen LogP contribution in [0.2, 0.25) is 0 Å². The molecule has 0 saturated heterocycles. The highest BCUT2D eigenvalue weighted by molar-refractivity contribution is 5.96. The van der Waals surface area contributed by atoms with Gasteiger partial charge >= 0.3 is 5.69 Å². The summed E-state index contributed by atoms with van der Waals surface area (Å²) in [5, 5.41) is 17.6. The summed E-state index contributed by atoms with van der Waals surface area (Å²) in [4.78, 5) is 22.3. The van der Waals surface area contributed by atoms with Crippen molar-refractivity contribution in [2.24, 2.45) is 0 Å². The molecule has 156 valence electrons. The minimum Gasteiger partial charge on any atom is -0.361 e. The quantitative estimate of drug-likeness (QED) is 0.315. The van der Waals surface area contributed by atoms with Crippen LogP contribution in [0.3, 0.4) is 0 Å². The Balaban J connectivity index is 1.77. The van der Waals surface area contributed by atoms with Gasteiger partial charge < -0.3 is 10.2 Å². The van der Waals surface area contributed by atoms with Crippen LogP contribution in [0.25, 0.3) is 10.8 Å². The van der Waals surface area contributed by atoms with E-state index in [-0.39, 0.29) is 16.7 Å². The molecule has 1 aliphatic rings. The maximum absolute atomic E-state index is 12.1. The summed E-state index contributed by atoms with van der Waals surface area (Å²) in [6, 6.07) is 14.2. The lowest BCUT2D eigenvalue weighted by molar-refractivity contribution is -0.383. The Kier molecular flexibility index (Phi) is 6.07. The van der Waals surface area contributed by atoms with Crippen molar-refractivity contribution in [1.29, 1.82) is 0 Å². The van der Waals surface area contributed by atoms with E-state index in [1.165, 1.54) is 19.2 Å². The first-order chi connectivity index (χ1) is 14.7. The first kappa shape index (κ1) is 20.1. The molecule has 3 aromatic rings. The predicted octanol–water partition coefficient (Wildman–Crippen LogP) is 5.83. The Morgan fingerprint density at radius 1 is 1.07 bits per heavy atom. The maximum Gasteiger partial charge on any atom is 0.353 e. The number of benzene rings is 2. The summed E-state index contributed by atoms with van der Waals surface area (Å²) in [5.41, 5.74) is 0.842. The van der Waals surface area contributed by atoms with Crippen LogP contribution < -0.4 is 10.2 Å². The van der Waals surface area contributed by atoms with Gasteiger partial charge in [-0.25, -0.2) is 9.97 Å². The SMILES string of the molecule is CCN(c1ncnc(NC2CCCCCC2)c1[N+](=O)[O-])c1cccc2ccccc12. The molecule has 0 spiro atoms. The molecule has 1 heterocycles. The summed E-state index contributed by atoms with van der Waals surface area (Å²) in [6.07, 6.45) is 8.17. The molecule has 1 aliphatic carbocycles.